The third-order valence-electron chi connectivity index (χ3n) is 3.63. The van der Waals surface area contributed by atoms with Crippen LogP contribution in [-0.4, -0.2) is 52.1 Å². The lowest BCUT2D eigenvalue weighted by atomic mass is 9.91. The number of hydrogen-bond donors (Lipinski definition) is 1. The van der Waals surface area contributed by atoms with Crippen LogP contribution >= 0.6 is 0 Å². The van der Waals surface area contributed by atoms with E-state index in [0.29, 0.717) is 13.1 Å². The van der Waals surface area contributed by atoms with Gasteiger partial charge in [-0.2, -0.15) is 0 Å². The van der Waals surface area contributed by atoms with Gasteiger partial charge in [-0.25, -0.2) is 9.59 Å². The third-order valence-corrected chi connectivity index (χ3v) is 3.63. The molecule has 0 bridgehead atoms. The summed E-state index contributed by atoms with van der Waals surface area (Å²) in [7, 11) is 0. The summed E-state index contributed by atoms with van der Waals surface area (Å²) in [6.07, 6.45) is 3.38. The van der Waals surface area contributed by atoms with E-state index in [0.717, 1.165) is 12.8 Å². The SMILES string of the molecule is C=CCN(C(=O)N1CCCC(C)C1C(=O)O)C(C)C. The standard InChI is InChI=1S/C14H24N2O3/c1-5-8-15(10(2)3)14(19)16-9-6-7-11(4)12(16)13(17)18/h5,10-12H,1,6-9H2,2-4H3,(H,17,18). The molecule has 0 aromatic carbocycles. The van der Waals surface area contributed by atoms with Crippen LogP contribution in [0.15, 0.2) is 12.7 Å². The normalized spacial score (nSPS) is 23.3. The first-order valence-corrected chi connectivity index (χ1v) is 6.81. The topological polar surface area (TPSA) is 60.9 Å². The van der Waals surface area contributed by atoms with Crippen LogP contribution in [0.25, 0.3) is 0 Å². The number of amides is 2. The van der Waals surface area contributed by atoms with E-state index < -0.39 is 12.0 Å². The monoisotopic (exact) mass is 268 g/mol. The molecule has 0 aliphatic carbocycles. The maximum atomic E-state index is 12.5. The molecule has 1 rings (SSSR count). The highest BCUT2D eigenvalue weighted by Crippen LogP contribution is 2.25. The number of carboxylic acids is 1. The van der Waals surface area contributed by atoms with Gasteiger partial charge in [-0.1, -0.05) is 13.0 Å². The molecule has 2 unspecified atom stereocenters. The average molecular weight is 268 g/mol. The van der Waals surface area contributed by atoms with E-state index in [9.17, 15) is 14.7 Å². The summed E-state index contributed by atoms with van der Waals surface area (Å²) in [6, 6.07) is -0.890. The van der Waals surface area contributed by atoms with Crippen molar-refractivity contribution >= 4 is 12.0 Å². The molecule has 0 aromatic heterocycles. The van der Waals surface area contributed by atoms with Gasteiger partial charge in [0.2, 0.25) is 0 Å². The molecule has 5 heteroatoms. The molecule has 1 aliphatic rings. The van der Waals surface area contributed by atoms with Crippen LogP contribution in [0, 0.1) is 5.92 Å². The Bertz CT molecular complexity index is 355. The molecule has 108 valence electrons. The summed E-state index contributed by atoms with van der Waals surface area (Å²) in [5, 5.41) is 9.35. The predicted molar refractivity (Wildman–Crippen MR) is 74.0 cm³/mol. The summed E-state index contributed by atoms with van der Waals surface area (Å²) in [5.74, 6) is -0.921. The van der Waals surface area contributed by atoms with E-state index in [1.165, 1.54) is 4.90 Å². The number of piperidine rings is 1. The molecule has 1 N–H and O–H groups in total. The molecule has 2 amide bonds. The van der Waals surface area contributed by atoms with Gasteiger partial charge in [-0.05, 0) is 32.6 Å². The highest BCUT2D eigenvalue weighted by atomic mass is 16.4. The smallest absolute Gasteiger partial charge is 0.326 e. The summed E-state index contributed by atoms with van der Waals surface area (Å²) >= 11 is 0. The van der Waals surface area contributed by atoms with Gasteiger partial charge in [-0.3, -0.25) is 0 Å². The third kappa shape index (κ3) is 3.49. The second kappa shape index (κ2) is 6.59. The second-order valence-electron chi connectivity index (χ2n) is 5.41. The van der Waals surface area contributed by atoms with Crippen molar-refractivity contribution in [1.29, 1.82) is 0 Å². The summed E-state index contributed by atoms with van der Waals surface area (Å²) in [4.78, 5) is 27.1. The molecule has 5 nitrogen and oxygen atoms in total. The number of carboxylic acid groups (broad SMARTS) is 1. The molecular formula is C14H24N2O3. The van der Waals surface area contributed by atoms with Crippen LogP contribution in [0.5, 0.6) is 0 Å². The van der Waals surface area contributed by atoms with Crippen LogP contribution in [0.2, 0.25) is 0 Å². The Balaban J connectivity index is 2.93. The number of likely N-dealkylation sites (tertiary alicyclic amines) is 1. The molecule has 1 heterocycles. The number of aliphatic carboxylic acids is 1. The molecule has 1 aliphatic heterocycles. The Morgan fingerprint density at radius 2 is 2.16 bits per heavy atom. The lowest BCUT2D eigenvalue weighted by Crippen LogP contribution is -2.57. The fraction of sp³-hybridized carbons (Fsp3) is 0.714. The quantitative estimate of drug-likeness (QED) is 0.795. The first kappa shape index (κ1) is 15.5. The number of nitrogens with zero attached hydrogens (tertiary/aromatic N) is 2. The largest absolute Gasteiger partial charge is 0.480 e. The van der Waals surface area contributed by atoms with E-state index >= 15 is 0 Å². The molecule has 1 fully saturated rings. The zero-order valence-corrected chi connectivity index (χ0v) is 12.0. The molecule has 0 radical (unpaired) electrons. The Labute approximate surface area is 114 Å². The van der Waals surface area contributed by atoms with Crippen LogP contribution in [0.4, 0.5) is 4.79 Å². The van der Waals surface area contributed by atoms with Gasteiger partial charge >= 0.3 is 12.0 Å². The minimum atomic E-state index is -0.914. The van der Waals surface area contributed by atoms with E-state index in [-0.39, 0.29) is 18.0 Å². The van der Waals surface area contributed by atoms with E-state index in [1.54, 1.807) is 11.0 Å². The lowest BCUT2D eigenvalue weighted by Gasteiger charge is -2.41. The van der Waals surface area contributed by atoms with Crippen molar-refractivity contribution in [3.63, 3.8) is 0 Å². The second-order valence-corrected chi connectivity index (χ2v) is 5.41. The van der Waals surface area contributed by atoms with Crippen molar-refractivity contribution < 1.29 is 14.7 Å². The Hall–Kier alpha value is -1.52. The van der Waals surface area contributed by atoms with Gasteiger partial charge < -0.3 is 14.9 Å². The van der Waals surface area contributed by atoms with Gasteiger partial charge in [0.15, 0.2) is 0 Å². The van der Waals surface area contributed by atoms with E-state index in [2.05, 4.69) is 6.58 Å². The molecule has 1 saturated heterocycles. The summed E-state index contributed by atoms with van der Waals surface area (Å²) < 4.78 is 0. The minimum absolute atomic E-state index is 0.00653. The number of rotatable bonds is 4. The van der Waals surface area contributed by atoms with Crippen molar-refractivity contribution in [1.82, 2.24) is 9.80 Å². The van der Waals surface area contributed by atoms with E-state index in [1.807, 2.05) is 20.8 Å². The molecule has 0 aromatic rings. The van der Waals surface area contributed by atoms with Crippen molar-refractivity contribution in [2.45, 2.75) is 45.7 Å². The van der Waals surface area contributed by atoms with Crippen molar-refractivity contribution in [3.05, 3.63) is 12.7 Å². The average Bonchev–Trinajstić information content (AvgIpc) is 2.33. The molecular weight excluding hydrogens is 244 g/mol. The van der Waals surface area contributed by atoms with Gasteiger partial charge in [0.1, 0.15) is 6.04 Å². The molecule has 2 atom stereocenters. The maximum Gasteiger partial charge on any atom is 0.326 e. The van der Waals surface area contributed by atoms with Crippen molar-refractivity contribution in [2.24, 2.45) is 5.92 Å². The van der Waals surface area contributed by atoms with Gasteiger partial charge in [0.05, 0.1) is 0 Å². The number of carbonyl (C=O) groups is 2. The Morgan fingerprint density at radius 3 is 2.63 bits per heavy atom. The molecule has 0 saturated carbocycles. The van der Waals surface area contributed by atoms with E-state index in [4.69, 9.17) is 0 Å². The predicted octanol–water partition coefficient (Wildman–Crippen LogP) is 2.19. The summed E-state index contributed by atoms with van der Waals surface area (Å²) in [6.45, 7) is 10.3. The fourth-order valence-electron chi connectivity index (χ4n) is 2.59. The van der Waals surface area contributed by atoms with Gasteiger partial charge in [0, 0.05) is 19.1 Å². The summed E-state index contributed by atoms with van der Waals surface area (Å²) in [5.41, 5.74) is 0. The Kier molecular flexibility index (Phi) is 5.39. The first-order valence-electron chi connectivity index (χ1n) is 6.81. The van der Waals surface area contributed by atoms with Crippen molar-refractivity contribution in [2.75, 3.05) is 13.1 Å². The Morgan fingerprint density at radius 1 is 1.53 bits per heavy atom. The van der Waals surface area contributed by atoms with Crippen molar-refractivity contribution in [3.8, 4) is 0 Å². The molecule has 0 spiro atoms. The highest BCUT2D eigenvalue weighted by Gasteiger charge is 2.38. The highest BCUT2D eigenvalue weighted by molar-refractivity contribution is 5.83. The van der Waals surface area contributed by atoms with Crippen LogP contribution in [-0.2, 0) is 4.79 Å². The zero-order chi connectivity index (χ0) is 14.6. The number of hydrogen-bond acceptors (Lipinski definition) is 2. The first-order chi connectivity index (χ1) is 8.90. The fourth-order valence-corrected chi connectivity index (χ4v) is 2.59. The maximum absolute atomic E-state index is 12.5. The van der Waals surface area contributed by atoms with Gasteiger partial charge in [0.25, 0.3) is 0 Å². The minimum Gasteiger partial charge on any atom is -0.480 e. The molecule has 19 heavy (non-hydrogen) atoms. The van der Waals surface area contributed by atoms with Crippen LogP contribution < -0.4 is 0 Å². The zero-order valence-electron chi connectivity index (χ0n) is 12.0. The number of urea groups is 1. The number of carbonyl (C=O) groups excluding carboxylic acids is 1. The van der Waals surface area contributed by atoms with Crippen LogP contribution in [0.3, 0.4) is 0 Å². The van der Waals surface area contributed by atoms with Gasteiger partial charge in [-0.15, -0.1) is 6.58 Å². The lowest BCUT2D eigenvalue weighted by molar-refractivity contribution is -0.145. The van der Waals surface area contributed by atoms with Crippen LogP contribution in [0.1, 0.15) is 33.6 Å².